The number of rotatable bonds is 6. The number of aromatic nitrogens is 1. The summed E-state index contributed by atoms with van der Waals surface area (Å²) < 4.78 is 11.1. The Bertz CT molecular complexity index is 519. The molecule has 0 aliphatic heterocycles. The molecular formula is C15H19NO2S. The van der Waals surface area contributed by atoms with E-state index in [4.69, 9.17) is 8.60 Å². The molecule has 1 aromatic carbocycles. The molecule has 0 aliphatic rings. The number of nitrogens with zero attached hydrogens (tertiary/aromatic N) is 1. The van der Waals surface area contributed by atoms with Gasteiger partial charge < -0.3 is 8.60 Å². The van der Waals surface area contributed by atoms with E-state index in [1.807, 2.05) is 13.8 Å². The first kappa shape index (κ1) is 14.2. The lowest BCUT2D eigenvalue weighted by Crippen LogP contribution is -1.96. The molecule has 0 bridgehead atoms. The monoisotopic (exact) mass is 277 g/mol. The van der Waals surface area contributed by atoms with Crippen LogP contribution in [0.2, 0.25) is 0 Å². The van der Waals surface area contributed by atoms with Gasteiger partial charge in [0.05, 0.1) is 12.3 Å². The van der Waals surface area contributed by atoms with E-state index in [0.29, 0.717) is 6.61 Å². The Balaban J connectivity index is 1.77. The molecule has 2 aromatic rings. The molecule has 1 aromatic heterocycles. The van der Waals surface area contributed by atoms with Crippen LogP contribution in [0.4, 0.5) is 0 Å². The van der Waals surface area contributed by atoms with Gasteiger partial charge in [0.25, 0.3) is 0 Å². The number of hydrogen-bond donors (Lipinski definition) is 0. The minimum Gasteiger partial charge on any atom is -0.446 e. The van der Waals surface area contributed by atoms with Crippen LogP contribution in [0.5, 0.6) is 0 Å². The highest BCUT2D eigenvalue weighted by Crippen LogP contribution is 2.20. The van der Waals surface area contributed by atoms with Crippen LogP contribution in [0.15, 0.2) is 33.6 Å². The second kappa shape index (κ2) is 6.78. The zero-order valence-corrected chi connectivity index (χ0v) is 12.4. The summed E-state index contributed by atoms with van der Waals surface area (Å²) in [6.45, 7) is 6.70. The molecule has 0 spiro atoms. The Morgan fingerprint density at radius 1 is 1.21 bits per heavy atom. The first-order valence-corrected chi connectivity index (χ1v) is 7.24. The summed E-state index contributed by atoms with van der Waals surface area (Å²) in [5.41, 5.74) is 2.26. The fraction of sp³-hybridized carbons (Fsp3) is 0.400. The Kier molecular flexibility index (Phi) is 5.05. The molecule has 0 amide bonds. The zero-order valence-electron chi connectivity index (χ0n) is 11.6. The van der Waals surface area contributed by atoms with Crippen LogP contribution in [0, 0.1) is 13.8 Å². The Labute approximate surface area is 118 Å². The van der Waals surface area contributed by atoms with E-state index in [-0.39, 0.29) is 0 Å². The van der Waals surface area contributed by atoms with Crippen molar-refractivity contribution in [2.24, 2.45) is 0 Å². The lowest BCUT2D eigenvalue weighted by Gasteiger charge is -2.02. The molecule has 19 heavy (non-hydrogen) atoms. The van der Waals surface area contributed by atoms with E-state index in [9.17, 15) is 0 Å². The number of benzene rings is 1. The van der Waals surface area contributed by atoms with Crippen molar-refractivity contribution in [1.82, 2.24) is 4.98 Å². The lowest BCUT2D eigenvalue weighted by molar-refractivity contribution is 0.376. The summed E-state index contributed by atoms with van der Waals surface area (Å²) in [6, 6.07) is 8.30. The highest BCUT2D eigenvalue weighted by atomic mass is 32.2. The van der Waals surface area contributed by atoms with Crippen LogP contribution >= 0.6 is 12.0 Å². The smallest absolute Gasteiger partial charge is 0.194 e. The molecule has 0 saturated carbocycles. The molecule has 4 heteroatoms. The Morgan fingerprint density at radius 2 is 1.95 bits per heavy atom. The Morgan fingerprint density at radius 3 is 2.58 bits per heavy atom. The molecule has 102 valence electrons. The fourth-order valence-electron chi connectivity index (χ4n) is 1.71. The SMILES string of the molecule is CCc1nc(CCOSc2ccc(C)cc2)c(C)o1. The summed E-state index contributed by atoms with van der Waals surface area (Å²) in [7, 11) is 0. The van der Waals surface area contributed by atoms with Crippen LogP contribution in [0.3, 0.4) is 0 Å². The van der Waals surface area contributed by atoms with E-state index >= 15 is 0 Å². The van der Waals surface area contributed by atoms with Gasteiger partial charge in [0.15, 0.2) is 5.89 Å². The molecule has 0 fully saturated rings. The Hall–Kier alpha value is -1.26. The topological polar surface area (TPSA) is 35.3 Å². The predicted octanol–water partition coefficient (Wildman–Crippen LogP) is 4.12. The summed E-state index contributed by atoms with van der Waals surface area (Å²) in [4.78, 5) is 5.55. The van der Waals surface area contributed by atoms with Crippen LogP contribution in [0.25, 0.3) is 0 Å². The van der Waals surface area contributed by atoms with Crippen molar-refractivity contribution in [2.45, 2.75) is 38.5 Å². The molecule has 0 saturated heterocycles. The van der Waals surface area contributed by atoms with E-state index in [1.54, 1.807) is 0 Å². The average Bonchev–Trinajstić information content (AvgIpc) is 2.77. The molecule has 3 nitrogen and oxygen atoms in total. The van der Waals surface area contributed by atoms with Gasteiger partial charge in [-0.15, -0.1) is 0 Å². The highest BCUT2D eigenvalue weighted by Gasteiger charge is 2.07. The van der Waals surface area contributed by atoms with E-state index in [0.717, 1.165) is 35.1 Å². The van der Waals surface area contributed by atoms with Gasteiger partial charge >= 0.3 is 0 Å². The van der Waals surface area contributed by atoms with Crippen molar-refractivity contribution in [1.29, 1.82) is 0 Å². The van der Waals surface area contributed by atoms with Crippen molar-refractivity contribution in [3.8, 4) is 0 Å². The second-order valence-corrected chi connectivity index (χ2v) is 5.31. The average molecular weight is 277 g/mol. The predicted molar refractivity (Wildman–Crippen MR) is 77.3 cm³/mol. The summed E-state index contributed by atoms with van der Waals surface area (Å²) in [5.74, 6) is 1.71. The third-order valence-electron chi connectivity index (χ3n) is 2.84. The third-order valence-corrected chi connectivity index (χ3v) is 3.59. The standard InChI is InChI=1S/C15H19NO2S/c1-4-15-16-14(12(3)18-15)9-10-17-19-13-7-5-11(2)6-8-13/h5-8H,4,9-10H2,1-3H3. The quantitative estimate of drug-likeness (QED) is 0.587. The van der Waals surface area contributed by atoms with Gasteiger partial charge in [-0.2, -0.15) is 0 Å². The highest BCUT2D eigenvalue weighted by molar-refractivity contribution is 7.94. The molecule has 0 atom stereocenters. The van der Waals surface area contributed by atoms with Gasteiger partial charge in [0.2, 0.25) is 0 Å². The van der Waals surface area contributed by atoms with Crippen LogP contribution in [-0.2, 0) is 17.0 Å². The van der Waals surface area contributed by atoms with Gasteiger partial charge in [-0.3, -0.25) is 0 Å². The number of oxazole rings is 1. The zero-order chi connectivity index (χ0) is 13.7. The molecule has 1 heterocycles. The van der Waals surface area contributed by atoms with Gasteiger partial charge in [0, 0.05) is 29.8 Å². The molecule has 0 unspecified atom stereocenters. The molecular weight excluding hydrogens is 258 g/mol. The third kappa shape index (κ3) is 4.11. The van der Waals surface area contributed by atoms with Crippen molar-refractivity contribution in [3.63, 3.8) is 0 Å². The van der Waals surface area contributed by atoms with Crippen LogP contribution < -0.4 is 0 Å². The van der Waals surface area contributed by atoms with E-state index < -0.39 is 0 Å². The number of hydrogen-bond acceptors (Lipinski definition) is 4. The summed E-state index contributed by atoms with van der Waals surface area (Å²) >= 11 is 1.41. The van der Waals surface area contributed by atoms with Crippen molar-refractivity contribution >= 4 is 12.0 Å². The molecule has 0 N–H and O–H groups in total. The van der Waals surface area contributed by atoms with E-state index in [2.05, 4.69) is 36.2 Å². The van der Waals surface area contributed by atoms with Crippen molar-refractivity contribution in [3.05, 3.63) is 47.2 Å². The molecule has 0 aliphatic carbocycles. The maximum atomic E-state index is 5.60. The van der Waals surface area contributed by atoms with Gasteiger partial charge in [-0.1, -0.05) is 24.6 Å². The normalized spacial score (nSPS) is 10.9. The minimum atomic E-state index is 0.634. The number of aryl methyl sites for hydroxylation is 3. The maximum absolute atomic E-state index is 5.60. The summed E-state index contributed by atoms with van der Waals surface area (Å²) in [5, 5.41) is 0. The van der Waals surface area contributed by atoms with Crippen molar-refractivity contribution < 1.29 is 8.60 Å². The second-order valence-electron chi connectivity index (χ2n) is 4.43. The van der Waals surface area contributed by atoms with Gasteiger partial charge in [-0.25, -0.2) is 4.98 Å². The minimum absolute atomic E-state index is 0.634. The fourth-order valence-corrected chi connectivity index (χ4v) is 2.26. The summed E-state index contributed by atoms with van der Waals surface area (Å²) in [6.07, 6.45) is 1.62. The lowest BCUT2D eigenvalue weighted by atomic mass is 10.2. The van der Waals surface area contributed by atoms with Gasteiger partial charge in [-0.05, 0) is 26.0 Å². The van der Waals surface area contributed by atoms with Crippen LogP contribution in [0.1, 0.15) is 29.8 Å². The first-order valence-electron chi connectivity index (χ1n) is 6.50. The van der Waals surface area contributed by atoms with Gasteiger partial charge in [0.1, 0.15) is 5.76 Å². The molecule has 2 rings (SSSR count). The van der Waals surface area contributed by atoms with Crippen molar-refractivity contribution in [2.75, 3.05) is 6.61 Å². The first-order chi connectivity index (χ1) is 9.19. The molecule has 0 radical (unpaired) electrons. The van der Waals surface area contributed by atoms with E-state index in [1.165, 1.54) is 17.6 Å². The van der Waals surface area contributed by atoms with Crippen LogP contribution in [-0.4, -0.2) is 11.6 Å². The largest absolute Gasteiger partial charge is 0.446 e. The maximum Gasteiger partial charge on any atom is 0.194 e.